The minimum absolute atomic E-state index is 0.0913. The molecule has 2 aromatic rings. The van der Waals surface area contributed by atoms with Crippen molar-refractivity contribution in [3.63, 3.8) is 0 Å². The molecule has 6 rings (SSSR count). The van der Waals surface area contributed by atoms with E-state index in [-0.39, 0.29) is 11.5 Å². The molecule has 2 aromatic heterocycles. The van der Waals surface area contributed by atoms with Gasteiger partial charge in [0.25, 0.3) is 5.91 Å². The van der Waals surface area contributed by atoms with Crippen LogP contribution in [-0.2, 0) is 30.5 Å². The van der Waals surface area contributed by atoms with Crippen molar-refractivity contribution in [1.82, 2.24) is 19.8 Å². The summed E-state index contributed by atoms with van der Waals surface area (Å²) in [6, 6.07) is 3.06. The number of amides is 1. The molecule has 1 spiro atoms. The Labute approximate surface area is 235 Å². The maximum absolute atomic E-state index is 13.7. The molecule has 3 unspecified atom stereocenters. The fourth-order valence-corrected chi connectivity index (χ4v) is 8.28. The number of likely N-dealkylation sites (tertiary alicyclic amines) is 1. The van der Waals surface area contributed by atoms with Gasteiger partial charge >= 0.3 is 6.01 Å². The first-order valence-corrected chi connectivity index (χ1v) is 15.4. The van der Waals surface area contributed by atoms with Crippen molar-refractivity contribution in [3.8, 4) is 6.01 Å². The number of carbonyl (C=O) groups excluding carboxylic acids is 1. The summed E-state index contributed by atoms with van der Waals surface area (Å²) in [5.74, 6) is -0.537. The van der Waals surface area contributed by atoms with E-state index >= 15 is 0 Å². The van der Waals surface area contributed by atoms with Crippen LogP contribution < -0.4 is 9.64 Å². The molecule has 2 fully saturated rings. The Morgan fingerprint density at radius 2 is 2.05 bits per heavy atom. The van der Waals surface area contributed by atoms with E-state index in [1.807, 2.05) is 18.3 Å². The summed E-state index contributed by atoms with van der Waals surface area (Å²) in [6.45, 7) is 8.66. The van der Waals surface area contributed by atoms with E-state index in [1.54, 1.807) is 9.78 Å². The number of fused-ring (bicyclic) bond motifs is 2. The third-order valence-corrected chi connectivity index (χ3v) is 10.6. The number of ether oxygens (including phenoxy) is 1. The highest BCUT2D eigenvalue weighted by Gasteiger charge is 2.41. The van der Waals surface area contributed by atoms with Crippen LogP contribution in [0.1, 0.15) is 60.7 Å². The summed E-state index contributed by atoms with van der Waals surface area (Å²) in [5, 5.41) is 2.24. The van der Waals surface area contributed by atoms with Crippen LogP contribution in [0.25, 0.3) is 0 Å². The highest BCUT2D eigenvalue weighted by atomic mass is 32.1. The van der Waals surface area contributed by atoms with E-state index in [9.17, 15) is 9.18 Å². The molecule has 7 nitrogen and oxygen atoms in total. The van der Waals surface area contributed by atoms with E-state index in [4.69, 9.17) is 14.7 Å². The Balaban J connectivity index is 1.29. The summed E-state index contributed by atoms with van der Waals surface area (Å²) >= 11 is 1.90. The second-order valence-corrected chi connectivity index (χ2v) is 13.0. The first kappa shape index (κ1) is 26.7. The second kappa shape index (κ2) is 10.8. The predicted octanol–water partition coefficient (Wildman–Crippen LogP) is 4.59. The van der Waals surface area contributed by atoms with Gasteiger partial charge < -0.3 is 19.4 Å². The van der Waals surface area contributed by atoms with Crippen LogP contribution in [0, 0.1) is 5.41 Å². The van der Waals surface area contributed by atoms with Gasteiger partial charge in [-0.15, -0.1) is 11.3 Å². The second-order valence-electron chi connectivity index (χ2n) is 12.0. The van der Waals surface area contributed by atoms with Gasteiger partial charge in [-0.2, -0.15) is 9.97 Å². The molecule has 0 aromatic carbocycles. The van der Waals surface area contributed by atoms with Crippen LogP contribution in [0.5, 0.6) is 6.01 Å². The predicted molar refractivity (Wildman–Crippen MR) is 152 cm³/mol. The monoisotopic (exact) mass is 553 g/mol. The molecule has 3 atom stereocenters. The van der Waals surface area contributed by atoms with Crippen LogP contribution in [0.4, 0.5) is 10.2 Å². The molecule has 4 heterocycles. The van der Waals surface area contributed by atoms with Gasteiger partial charge in [0.1, 0.15) is 12.4 Å². The van der Waals surface area contributed by atoms with Crippen molar-refractivity contribution >= 4 is 23.1 Å². The average molecular weight is 554 g/mol. The molecule has 0 saturated carbocycles. The number of aryl methyl sites for hydroxylation is 1. The lowest BCUT2D eigenvalue weighted by Gasteiger charge is -2.44. The number of nitrogens with zero attached hydrogens (tertiary/aromatic N) is 5. The van der Waals surface area contributed by atoms with Crippen LogP contribution in [-0.4, -0.2) is 77.6 Å². The Bertz CT molecular complexity index is 1250. The standard InChI is InChI=1S/C30H40FN5O2S/c1-4-22-18-35(13-14-36(22)28(37)20(2)31)27-24-8-11-30(10-7-21-9-15-39-26(21)17-30)16-25(24)32-29(33-27)38-19-23-6-5-12-34(23)3/h9,15,22-23H,2,4-8,10-14,16-19H2,1,3H3. The Morgan fingerprint density at radius 1 is 1.21 bits per heavy atom. The van der Waals surface area contributed by atoms with Crippen LogP contribution >= 0.6 is 11.3 Å². The summed E-state index contributed by atoms with van der Waals surface area (Å²) in [7, 11) is 2.16. The molecule has 1 amide bonds. The van der Waals surface area contributed by atoms with Crippen molar-refractivity contribution in [3.05, 3.63) is 45.6 Å². The molecule has 4 aliphatic rings. The first-order valence-electron chi connectivity index (χ1n) is 14.5. The normalized spacial score (nSPS) is 26.9. The number of piperazine rings is 1. The molecule has 210 valence electrons. The maximum Gasteiger partial charge on any atom is 0.318 e. The Morgan fingerprint density at radius 3 is 2.82 bits per heavy atom. The van der Waals surface area contributed by atoms with Gasteiger partial charge in [0, 0.05) is 42.2 Å². The molecule has 2 aliphatic heterocycles. The largest absolute Gasteiger partial charge is 0.462 e. The van der Waals surface area contributed by atoms with Crippen molar-refractivity contribution in [2.75, 3.05) is 44.7 Å². The van der Waals surface area contributed by atoms with Crippen LogP contribution in [0.3, 0.4) is 0 Å². The Hall–Kier alpha value is -2.52. The highest BCUT2D eigenvalue weighted by molar-refractivity contribution is 7.10. The van der Waals surface area contributed by atoms with Gasteiger partial charge in [0.15, 0.2) is 5.83 Å². The van der Waals surface area contributed by atoms with E-state index in [0.717, 1.165) is 63.0 Å². The van der Waals surface area contributed by atoms with E-state index in [2.05, 4.69) is 34.9 Å². The number of likely N-dealkylation sites (N-methyl/N-ethyl adjacent to an activating group) is 1. The smallest absolute Gasteiger partial charge is 0.318 e. The summed E-state index contributed by atoms with van der Waals surface area (Å²) in [6.07, 6.45) is 9.59. The number of thiophene rings is 1. The zero-order chi connectivity index (χ0) is 27.1. The molecule has 0 N–H and O–H groups in total. The molecule has 2 aliphatic carbocycles. The SMILES string of the molecule is C=C(F)C(=O)N1CCN(c2nc(OCC3CCCN3C)nc3c2CCC2(CCc4ccsc4C2)C3)CC1CC. The molecule has 9 heteroatoms. The van der Waals surface area contributed by atoms with Gasteiger partial charge in [0.05, 0.1) is 5.69 Å². The topological polar surface area (TPSA) is 61.8 Å². The zero-order valence-corrected chi connectivity index (χ0v) is 24.1. The fourth-order valence-electron chi connectivity index (χ4n) is 7.18. The van der Waals surface area contributed by atoms with Gasteiger partial charge in [-0.1, -0.05) is 13.5 Å². The van der Waals surface area contributed by atoms with Crippen molar-refractivity contribution in [2.45, 2.75) is 76.8 Å². The third-order valence-electron chi connectivity index (χ3n) is 9.62. The summed E-state index contributed by atoms with van der Waals surface area (Å²) in [4.78, 5) is 30.3. The summed E-state index contributed by atoms with van der Waals surface area (Å²) in [5.41, 5.74) is 4.13. The van der Waals surface area contributed by atoms with Crippen LogP contribution in [0.15, 0.2) is 23.9 Å². The number of hydrogen-bond acceptors (Lipinski definition) is 7. The third kappa shape index (κ3) is 5.20. The number of aromatic nitrogens is 2. The quantitative estimate of drug-likeness (QED) is 0.488. The van der Waals surface area contributed by atoms with Gasteiger partial charge in [-0.05, 0) is 93.8 Å². The highest BCUT2D eigenvalue weighted by Crippen LogP contribution is 2.47. The molecule has 0 radical (unpaired) electrons. The van der Waals surface area contributed by atoms with Gasteiger partial charge in [0.2, 0.25) is 0 Å². The number of anilines is 1. The number of hydrogen-bond donors (Lipinski definition) is 0. The number of carbonyl (C=O) groups is 1. The van der Waals surface area contributed by atoms with Crippen molar-refractivity contribution in [1.29, 1.82) is 0 Å². The lowest BCUT2D eigenvalue weighted by molar-refractivity contribution is -0.131. The van der Waals surface area contributed by atoms with Gasteiger partial charge in [-0.3, -0.25) is 4.79 Å². The first-order chi connectivity index (χ1) is 18.9. The number of halogens is 1. The minimum atomic E-state index is -0.888. The minimum Gasteiger partial charge on any atom is -0.462 e. The lowest BCUT2D eigenvalue weighted by Crippen LogP contribution is -2.55. The molecule has 2 saturated heterocycles. The van der Waals surface area contributed by atoms with E-state index in [1.165, 1.54) is 24.0 Å². The van der Waals surface area contributed by atoms with Crippen LogP contribution in [0.2, 0.25) is 0 Å². The lowest BCUT2D eigenvalue weighted by atomic mass is 9.65. The maximum atomic E-state index is 13.7. The average Bonchev–Trinajstić information content (AvgIpc) is 3.58. The summed E-state index contributed by atoms with van der Waals surface area (Å²) < 4.78 is 20.0. The van der Waals surface area contributed by atoms with E-state index < -0.39 is 11.7 Å². The molecule has 39 heavy (non-hydrogen) atoms. The molecule has 0 bridgehead atoms. The molecular weight excluding hydrogens is 513 g/mol. The van der Waals surface area contributed by atoms with E-state index in [0.29, 0.717) is 38.3 Å². The molecular formula is C30H40FN5O2S. The number of rotatable bonds is 6. The van der Waals surface area contributed by atoms with Crippen molar-refractivity contribution in [2.24, 2.45) is 5.41 Å². The van der Waals surface area contributed by atoms with Gasteiger partial charge in [-0.25, -0.2) is 4.39 Å². The zero-order valence-electron chi connectivity index (χ0n) is 23.3. The van der Waals surface area contributed by atoms with Crippen molar-refractivity contribution < 1.29 is 13.9 Å². The Kier molecular flexibility index (Phi) is 7.39. The fraction of sp³-hybridized carbons (Fsp3) is 0.633.